The normalized spacial score (nSPS) is 19.3. The van der Waals surface area contributed by atoms with Gasteiger partial charge in [0.25, 0.3) is 0 Å². The van der Waals surface area contributed by atoms with Gasteiger partial charge in [-0.3, -0.25) is 4.99 Å². The molecule has 2 rings (SSSR count). The van der Waals surface area contributed by atoms with Crippen LogP contribution in [0.3, 0.4) is 0 Å². The molecule has 0 bridgehead atoms. The molecular weight excluding hydrogens is 401 g/mol. The lowest BCUT2D eigenvalue weighted by molar-refractivity contribution is -0.252. The van der Waals surface area contributed by atoms with E-state index in [1.165, 1.54) is 11.6 Å². The summed E-state index contributed by atoms with van der Waals surface area (Å²) in [6.45, 7) is 8.56. The van der Waals surface area contributed by atoms with E-state index >= 15 is 0 Å². The molecule has 0 amide bonds. The predicted molar refractivity (Wildman–Crippen MR) is 119 cm³/mol. The monoisotopic (exact) mass is 432 g/mol. The second-order valence-corrected chi connectivity index (χ2v) is 8.52. The average molecular weight is 433 g/mol. The van der Waals surface area contributed by atoms with Gasteiger partial charge in [-0.25, -0.2) is 0 Å². The Morgan fingerprint density at radius 2 is 1.94 bits per heavy atom. The quantitative estimate of drug-likeness (QED) is 0.444. The summed E-state index contributed by atoms with van der Waals surface area (Å²) < 4.78 is 45.5. The van der Waals surface area contributed by atoms with Crippen molar-refractivity contribution >= 4 is 11.8 Å². The number of alkyl halides is 3. The van der Waals surface area contributed by atoms with E-state index in [9.17, 15) is 13.2 Å². The van der Waals surface area contributed by atoms with Crippen molar-refractivity contribution in [3.05, 3.63) is 53.2 Å². The number of benzene rings is 1. The van der Waals surface area contributed by atoms with Gasteiger partial charge in [0.1, 0.15) is 6.07 Å². The molecule has 0 saturated carbocycles. The molecule has 0 spiro atoms. The first-order chi connectivity index (χ1) is 14.5. The predicted octanol–water partition coefficient (Wildman–Crippen LogP) is 7.00. The summed E-state index contributed by atoms with van der Waals surface area (Å²) in [6, 6.07) is 9.11. The molecule has 1 heterocycles. The molecule has 168 valence electrons. The zero-order chi connectivity index (χ0) is 23.3. The van der Waals surface area contributed by atoms with Gasteiger partial charge in [-0.05, 0) is 36.0 Å². The van der Waals surface area contributed by atoms with Crippen LogP contribution in [0.4, 0.5) is 13.2 Å². The summed E-state index contributed by atoms with van der Waals surface area (Å²) in [7, 11) is 0. The first-order valence-electron chi connectivity index (χ1n) is 10.6. The minimum Gasteiger partial charge on any atom is -0.351 e. The number of hydrogen-bond donors (Lipinski definition) is 0. The SMILES string of the molecule is CCC1=CC(c2cccc(C(C)(COC(C)(C#N)C(F)(F)F)C(C)CC)c2)=CN=CC1. The fourth-order valence-electron chi connectivity index (χ4n) is 3.51. The summed E-state index contributed by atoms with van der Waals surface area (Å²) in [5, 5.41) is 9.15. The van der Waals surface area contributed by atoms with Crippen molar-refractivity contribution in [1.29, 1.82) is 5.26 Å². The third-order valence-electron chi connectivity index (χ3n) is 6.46. The highest BCUT2D eigenvalue weighted by Gasteiger charge is 2.54. The second-order valence-electron chi connectivity index (χ2n) is 8.52. The van der Waals surface area contributed by atoms with Crippen LogP contribution in [0, 0.1) is 17.2 Å². The van der Waals surface area contributed by atoms with Gasteiger partial charge in [0, 0.05) is 24.3 Å². The summed E-state index contributed by atoms with van der Waals surface area (Å²) in [5.41, 5.74) is 0.507. The van der Waals surface area contributed by atoms with Crippen LogP contribution in [0.2, 0.25) is 0 Å². The van der Waals surface area contributed by atoms with Crippen LogP contribution >= 0.6 is 0 Å². The molecule has 1 aromatic carbocycles. The van der Waals surface area contributed by atoms with Gasteiger partial charge >= 0.3 is 6.18 Å². The number of nitrogens with zero attached hydrogens (tertiary/aromatic N) is 2. The topological polar surface area (TPSA) is 45.4 Å². The van der Waals surface area contributed by atoms with E-state index in [1.54, 1.807) is 0 Å². The average Bonchev–Trinajstić information content (AvgIpc) is 3.01. The van der Waals surface area contributed by atoms with E-state index in [0.717, 1.165) is 42.9 Å². The van der Waals surface area contributed by atoms with Gasteiger partial charge in [0.15, 0.2) is 0 Å². The summed E-state index contributed by atoms with van der Waals surface area (Å²) >= 11 is 0. The van der Waals surface area contributed by atoms with Crippen molar-refractivity contribution in [2.24, 2.45) is 10.9 Å². The summed E-state index contributed by atoms with van der Waals surface area (Å²) in [5.74, 6) is 0.0294. The van der Waals surface area contributed by atoms with Crippen LogP contribution in [-0.4, -0.2) is 24.6 Å². The molecule has 0 radical (unpaired) electrons. The number of rotatable bonds is 8. The van der Waals surface area contributed by atoms with Crippen LogP contribution < -0.4 is 0 Å². The molecule has 1 aliphatic rings. The standard InChI is InChI=1S/C25H31F3N2O/c1-6-18(3)23(4,17-31-24(5,16-29)25(26,27)28)22-10-8-9-20(14-22)21-13-19(7-2)11-12-30-15-21/h8-10,12-15,18H,6-7,11,17H2,1-5H3. The first-order valence-corrected chi connectivity index (χ1v) is 10.6. The maximum Gasteiger partial charge on any atom is 0.430 e. The lowest BCUT2D eigenvalue weighted by atomic mass is 9.71. The number of halogens is 3. The third-order valence-corrected chi connectivity index (χ3v) is 6.46. The Labute approximate surface area is 183 Å². The van der Waals surface area contributed by atoms with E-state index in [0.29, 0.717) is 0 Å². The number of aliphatic imine (C=N–C) groups is 1. The molecule has 3 nitrogen and oxygen atoms in total. The van der Waals surface area contributed by atoms with Gasteiger partial charge in [-0.1, -0.05) is 70.0 Å². The largest absolute Gasteiger partial charge is 0.430 e. The van der Waals surface area contributed by atoms with Crippen molar-refractivity contribution in [2.45, 2.75) is 71.1 Å². The molecule has 0 aromatic heterocycles. The molecule has 0 fully saturated rings. The Morgan fingerprint density at radius 3 is 2.52 bits per heavy atom. The van der Waals surface area contributed by atoms with Crippen LogP contribution in [-0.2, 0) is 10.2 Å². The Bertz CT molecular complexity index is 910. The number of nitriles is 1. The second kappa shape index (κ2) is 9.82. The van der Waals surface area contributed by atoms with Crippen molar-refractivity contribution in [3.63, 3.8) is 0 Å². The third kappa shape index (κ3) is 5.46. The van der Waals surface area contributed by atoms with E-state index < -0.39 is 17.2 Å². The van der Waals surface area contributed by atoms with Gasteiger partial charge < -0.3 is 4.74 Å². The fourth-order valence-corrected chi connectivity index (χ4v) is 3.51. The highest BCUT2D eigenvalue weighted by Crippen LogP contribution is 2.40. The van der Waals surface area contributed by atoms with Crippen LogP contribution in [0.15, 0.2) is 47.1 Å². The van der Waals surface area contributed by atoms with Gasteiger partial charge in [0.05, 0.1) is 6.61 Å². The maximum absolute atomic E-state index is 13.4. The lowest BCUT2D eigenvalue weighted by Crippen LogP contribution is -2.47. The Hall–Kier alpha value is -2.39. The molecular formula is C25H31F3N2O. The van der Waals surface area contributed by atoms with Gasteiger partial charge in [-0.15, -0.1) is 0 Å². The zero-order valence-electron chi connectivity index (χ0n) is 18.9. The van der Waals surface area contributed by atoms with Crippen molar-refractivity contribution in [2.75, 3.05) is 6.61 Å². The van der Waals surface area contributed by atoms with E-state index in [1.807, 2.05) is 57.5 Å². The molecule has 0 aliphatic carbocycles. The highest BCUT2D eigenvalue weighted by atomic mass is 19.4. The lowest BCUT2D eigenvalue weighted by Gasteiger charge is -2.38. The Morgan fingerprint density at radius 1 is 1.23 bits per heavy atom. The fraction of sp³-hybridized carbons (Fsp3) is 0.520. The number of allylic oxidation sites excluding steroid dienone is 3. The summed E-state index contributed by atoms with van der Waals surface area (Å²) in [4.78, 5) is 4.35. The van der Waals surface area contributed by atoms with Crippen LogP contribution in [0.25, 0.3) is 5.57 Å². The molecule has 0 N–H and O–H groups in total. The molecule has 1 aliphatic heterocycles. The van der Waals surface area contributed by atoms with Crippen LogP contribution in [0.1, 0.15) is 65.0 Å². The van der Waals surface area contributed by atoms with Gasteiger partial charge in [0.2, 0.25) is 5.60 Å². The Balaban J connectivity index is 2.46. The molecule has 1 aromatic rings. The number of ether oxygens (including phenoxy) is 1. The zero-order valence-corrected chi connectivity index (χ0v) is 18.9. The van der Waals surface area contributed by atoms with Crippen molar-refractivity contribution < 1.29 is 17.9 Å². The van der Waals surface area contributed by atoms with Gasteiger partial charge in [-0.2, -0.15) is 18.4 Å². The molecule has 3 atom stereocenters. The maximum atomic E-state index is 13.4. The summed E-state index contributed by atoms with van der Waals surface area (Å²) in [6.07, 6.45) is 3.53. The molecule has 31 heavy (non-hydrogen) atoms. The van der Waals surface area contributed by atoms with E-state index in [4.69, 9.17) is 10.00 Å². The van der Waals surface area contributed by atoms with Crippen molar-refractivity contribution in [1.82, 2.24) is 0 Å². The van der Waals surface area contributed by atoms with E-state index in [-0.39, 0.29) is 12.5 Å². The molecule has 3 unspecified atom stereocenters. The highest BCUT2D eigenvalue weighted by molar-refractivity contribution is 5.79. The van der Waals surface area contributed by atoms with E-state index in [2.05, 4.69) is 18.0 Å². The minimum absolute atomic E-state index is 0.0294. The van der Waals surface area contributed by atoms with Crippen LogP contribution in [0.5, 0.6) is 0 Å². The first kappa shape index (κ1) is 24.9. The smallest absolute Gasteiger partial charge is 0.351 e. The number of hydrogen-bond acceptors (Lipinski definition) is 3. The minimum atomic E-state index is -4.77. The Kier molecular flexibility index (Phi) is 7.88. The molecule has 6 heteroatoms. The molecule has 0 saturated heterocycles. The van der Waals surface area contributed by atoms with Crippen molar-refractivity contribution in [3.8, 4) is 6.07 Å².